The molecule has 0 aliphatic heterocycles. The molecule has 1 saturated carbocycles. The summed E-state index contributed by atoms with van der Waals surface area (Å²) in [5.74, 6) is 0.892. The van der Waals surface area contributed by atoms with Crippen molar-refractivity contribution >= 4 is 5.78 Å². The molecule has 0 unspecified atom stereocenters. The van der Waals surface area contributed by atoms with Crippen LogP contribution in [0.5, 0.6) is 0 Å². The van der Waals surface area contributed by atoms with Gasteiger partial charge >= 0.3 is 0 Å². The molecular formula is C17H20O2. The van der Waals surface area contributed by atoms with E-state index in [0.717, 1.165) is 6.42 Å². The first-order valence-electron chi connectivity index (χ1n) is 6.98. The summed E-state index contributed by atoms with van der Waals surface area (Å²) in [4.78, 5) is 12.6. The minimum Gasteiger partial charge on any atom is -0.383 e. The van der Waals surface area contributed by atoms with Crippen molar-refractivity contribution in [3.63, 3.8) is 0 Å². The van der Waals surface area contributed by atoms with E-state index in [1.54, 1.807) is 13.8 Å². The van der Waals surface area contributed by atoms with Crippen LogP contribution in [-0.2, 0) is 4.79 Å². The lowest BCUT2D eigenvalue weighted by Crippen LogP contribution is -2.40. The molecule has 2 aliphatic carbocycles. The van der Waals surface area contributed by atoms with Crippen LogP contribution in [0.1, 0.15) is 31.7 Å². The van der Waals surface area contributed by atoms with Crippen molar-refractivity contribution in [2.75, 3.05) is 0 Å². The first-order chi connectivity index (χ1) is 8.98. The largest absolute Gasteiger partial charge is 0.383 e. The minimum absolute atomic E-state index is 0.0156. The zero-order valence-electron chi connectivity index (χ0n) is 11.4. The summed E-state index contributed by atoms with van der Waals surface area (Å²) in [5, 5.41) is 10.1. The van der Waals surface area contributed by atoms with Gasteiger partial charge in [-0.15, -0.1) is 0 Å². The molecular weight excluding hydrogens is 236 g/mol. The van der Waals surface area contributed by atoms with Crippen LogP contribution in [0.25, 0.3) is 0 Å². The molecule has 1 aromatic carbocycles. The van der Waals surface area contributed by atoms with Crippen molar-refractivity contribution in [3.05, 3.63) is 48.0 Å². The van der Waals surface area contributed by atoms with Crippen LogP contribution in [0.2, 0.25) is 0 Å². The Kier molecular flexibility index (Phi) is 2.86. The molecule has 2 aliphatic rings. The number of Topliss-reactive ketones (excluding diaryl/α,β-unsaturated/α-hetero) is 1. The average molecular weight is 256 g/mol. The van der Waals surface area contributed by atoms with Gasteiger partial charge in [0.2, 0.25) is 0 Å². The Labute approximate surface area is 114 Å². The van der Waals surface area contributed by atoms with Gasteiger partial charge in [-0.05, 0) is 37.7 Å². The number of allylic oxidation sites excluding steroid dienone is 2. The topological polar surface area (TPSA) is 37.3 Å². The fraction of sp³-hybridized carbons (Fsp3) is 0.471. The summed E-state index contributed by atoms with van der Waals surface area (Å²) in [6.07, 6.45) is 5.46. The van der Waals surface area contributed by atoms with Crippen LogP contribution in [0.4, 0.5) is 0 Å². The molecule has 2 nitrogen and oxygen atoms in total. The van der Waals surface area contributed by atoms with Crippen LogP contribution < -0.4 is 0 Å². The van der Waals surface area contributed by atoms with Crippen molar-refractivity contribution in [2.45, 2.75) is 31.8 Å². The lowest BCUT2D eigenvalue weighted by molar-refractivity contribution is -0.139. The standard InChI is InChI=1S/C17H20O2/c1-17(2,19)16(18)15-13-9-8-12(10-13)14(15)11-6-4-3-5-7-11/h3-9,12-15,19H,10H2,1-2H3/t12-,13+,14+,15+/m0/s1. The van der Waals surface area contributed by atoms with E-state index in [0.29, 0.717) is 11.8 Å². The molecule has 19 heavy (non-hydrogen) atoms. The van der Waals surface area contributed by atoms with Crippen LogP contribution in [0, 0.1) is 17.8 Å². The van der Waals surface area contributed by atoms with Gasteiger partial charge in [0.05, 0.1) is 0 Å². The lowest BCUT2D eigenvalue weighted by Gasteiger charge is -2.31. The summed E-state index contributed by atoms with van der Waals surface area (Å²) in [5.41, 5.74) is -0.0160. The predicted octanol–water partition coefficient (Wildman–Crippen LogP) is 2.93. The van der Waals surface area contributed by atoms with E-state index in [-0.39, 0.29) is 17.6 Å². The molecule has 1 fully saturated rings. The smallest absolute Gasteiger partial charge is 0.168 e. The molecule has 0 radical (unpaired) electrons. The number of benzene rings is 1. The van der Waals surface area contributed by atoms with Crippen LogP contribution in [0.3, 0.4) is 0 Å². The van der Waals surface area contributed by atoms with E-state index >= 15 is 0 Å². The molecule has 2 bridgehead atoms. The van der Waals surface area contributed by atoms with Crippen molar-refractivity contribution in [1.82, 2.24) is 0 Å². The van der Waals surface area contributed by atoms with Gasteiger partial charge in [-0.2, -0.15) is 0 Å². The molecule has 1 aromatic rings. The molecule has 100 valence electrons. The number of carbonyl (C=O) groups is 1. The molecule has 2 heteroatoms. The Bertz CT molecular complexity index is 510. The molecule has 3 rings (SSSR count). The Morgan fingerprint density at radius 1 is 1.16 bits per heavy atom. The number of fused-ring (bicyclic) bond motifs is 2. The van der Waals surface area contributed by atoms with Gasteiger partial charge in [-0.3, -0.25) is 4.79 Å². The fourth-order valence-electron chi connectivity index (χ4n) is 3.72. The lowest BCUT2D eigenvalue weighted by atomic mass is 9.73. The molecule has 0 amide bonds. The van der Waals surface area contributed by atoms with E-state index in [1.807, 2.05) is 18.2 Å². The maximum atomic E-state index is 12.6. The van der Waals surface area contributed by atoms with Crippen LogP contribution >= 0.6 is 0 Å². The van der Waals surface area contributed by atoms with Crippen molar-refractivity contribution < 1.29 is 9.90 Å². The highest BCUT2D eigenvalue weighted by atomic mass is 16.3. The highest BCUT2D eigenvalue weighted by molar-refractivity contribution is 5.90. The van der Waals surface area contributed by atoms with E-state index in [4.69, 9.17) is 0 Å². The number of rotatable bonds is 3. The third-order valence-electron chi connectivity index (χ3n) is 4.55. The summed E-state index contributed by atoms with van der Waals surface area (Å²) >= 11 is 0. The van der Waals surface area contributed by atoms with E-state index < -0.39 is 5.60 Å². The highest BCUT2D eigenvalue weighted by Crippen LogP contribution is 2.54. The summed E-state index contributed by atoms with van der Waals surface area (Å²) in [7, 11) is 0. The fourth-order valence-corrected chi connectivity index (χ4v) is 3.72. The quantitative estimate of drug-likeness (QED) is 0.844. The average Bonchev–Trinajstić information content (AvgIpc) is 2.97. The number of hydrogen-bond acceptors (Lipinski definition) is 2. The number of ketones is 1. The van der Waals surface area contributed by atoms with Gasteiger partial charge in [-0.1, -0.05) is 42.5 Å². The second kappa shape index (κ2) is 4.31. The maximum Gasteiger partial charge on any atom is 0.168 e. The molecule has 0 spiro atoms. The van der Waals surface area contributed by atoms with Crippen LogP contribution in [0.15, 0.2) is 42.5 Å². The van der Waals surface area contributed by atoms with Gasteiger partial charge in [0, 0.05) is 11.8 Å². The molecule has 1 N–H and O–H groups in total. The molecule has 0 saturated heterocycles. The third kappa shape index (κ3) is 2.04. The second-order valence-electron chi connectivity index (χ2n) is 6.33. The minimum atomic E-state index is -1.24. The first-order valence-corrected chi connectivity index (χ1v) is 6.98. The zero-order chi connectivity index (χ0) is 13.6. The predicted molar refractivity (Wildman–Crippen MR) is 74.7 cm³/mol. The van der Waals surface area contributed by atoms with E-state index in [2.05, 4.69) is 24.3 Å². The molecule has 4 atom stereocenters. The van der Waals surface area contributed by atoms with Gasteiger partial charge in [0.1, 0.15) is 5.60 Å². The second-order valence-corrected chi connectivity index (χ2v) is 6.33. The van der Waals surface area contributed by atoms with Crippen molar-refractivity contribution in [1.29, 1.82) is 0 Å². The summed E-state index contributed by atoms with van der Waals surface area (Å²) in [6.45, 7) is 3.21. The monoisotopic (exact) mass is 256 g/mol. The van der Waals surface area contributed by atoms with Crippen LogP contribution in [-0.4, -0.2) is 16.5 Å². The first kappa shape index (κ1) is 12.6. The molecule has 0 heterocycles. The molecule has 0 aromatic heterocycles. The van der Waals surface area contributed by atoms with Crippen molar-refractivity contribution in [3.8, 4) is 0 Å². The summed E-state index contributed by atoms with van der Waals surface area (Å²) in [6, 6.07) is 10.3. The normalized spacial score (nSPS) is 32.8. The Balaban J connectivity index is 1.98. The Morgan fingerprint density at radius 2 is 1.79 bits per heavy atom. The zero-order valence-corrected chi connectivity index (χ0v) is 11.4. The van der Waals surface area contributed by atoms with Gasteiger partial charge < -0.3 is 5.11 Å². The Morgan fingerprint density at radius 3 is 2.42 bits per heavy atom. The van der Waals surface area contributed by atoms with Crippen molar-refractivity contribution in [2.24, 2.45) is 17.8 Å². The Hall–Kier alpha value is -1.41. The summed E-state index contributed by atoms with van der Waals surface area (Å²) < 4.78 is 0. The SMILES string of the molecule is CC(C)(O)C(=O)[C@H]1[C@H](c2ccccc2)[C@H]2C=C[C@@H]1C2. The van der Waals surface area contributed by atoms with E-state index in [9.17, 15) is 9.90 Å². The maximum absolute atomic E-state index is 12.6. The third-order valence-corrected chi connectivity index (χ3v) is 4.55. The van der Waals surface area contributed by atoms with E-state index in [1.165, 1.54) is 5.56 Å². The van der Waals surface area contributed by atoms with Gasteiger partial charge in [0.15, 0.2) is 5.78 Å². The number of carbonyl (C=O) groups excluding carboxylic acids is 1. The number of aliphatic hydroxyl groups is 1. The number of hydrogen-bond donors (Lipinski definition) is 1. The van der Waals surface area contributed by atoms with Gasteiger partial charge in [-0.25, -0.2) is 0 Å². The van der Waals surface area contributed by atoms with Gasteiger partial charge in [0.25, 0.3) is 0 Å². The highest BCUT2D eigenvalue weighted by Gasteiger charge is 2.51.